The fourth-order valence-electron chi connectivity index (χ4n) is 1.87. The molecule has 0 radical (unpaired) electrons. The second kappa shape index (κ2) is 7.64. The molecule has 4 nitrogen and oxygen atoms in total. The second-order valence-corrected chi connectivity index (χ2v) is 4.95. The van der Waals surface area contributed by atoms with E-state index in [-0.39, 0.29) is 16.6 Å². The van der Waals surface area contributed by atoms with Crippen LogP contribution < -0.4 is 10.3 Å². The van der Waals surface area contributed by atoms with Gasteiger partial charge in [0.15, 0.2) is 0 Å². The van der Waals surface area contributed by atoms with Crippen LogP contribution in [0.3, 0.4) is 0 Å². The maximum absolute atomic E-state index is 12.3. The molecule has 0 bridgehead atoms. The Bertz CT molecular complexity index is 653. The Labute approximate surface area is 128 Å². The van der Waals surface area contributed by atoms with E-state index in [1.165, 1.54) is 10.8 Å². The Morgan fingerprint density at radius 2 is 2.10 bits per heavy atom. The van der Waals surface area contributed by atoms with Crippen molar-refractivity contribution in [3.63, 3.8) is 0 Å². The van der Waals surface area contributed by atoms with Gasteiger partial charge in [0.25, 0.3) is 5.88 Å². The average molecular weight is 305 g/mol. The van der Waals surface area contributed by atoms with Gasteiger partial charge in [-0.2, -0.15) is 4.98 Å². The van der Waals surface area contributed by atoms with Crippen LogP contribution >= 0.6 is 11.6 Å². The smallest absolute Gasteiger partial charge is 0.313 e. The van der Waals surface area contributed by atoms with Crippen molar-refractivity contribution >= 4 is 11.6 Å². The van der Waals surface area contributed by atoms with Gasteiger partial charge >= 0.3 is 5.56 Å². The fourth-order valence-corrected chi connectivity index (χ4v) is 2.07. The van der Waals surface area contributed by atoms with Crippen molar-refractivity contribution in [3.8, 4) is 5.88 Å². The van der Waals surface area contributed by atoms with E-state index >= 15 is 0 Å². The van der Waals surface area contributed by atoms with E-state index < -0.39 is 0 Å². The summed E-state index contributed by atoms with van der Waals surface area (Å²) in [6, 6.07) is 9.68. The first-order valence-corrected chi connectivity index (χ1v) is 7.13. The second-order valence-electron chi connectivity index (χ2n) is 4.57. The van der Waals surface area contributed by atoms with Crippen LogP contribution in [0.15, 0.2) is 54.0 Å². The first-order valence-electron chi connectivity index (χ1n) is 6.75. The Hall–Kier alpha value is -2.07. The molecule has 2 rings (SSSR count). The summed E-state index contributed by atoms with van der Waals surface area (Å²) < 4.78 is 6.93. The van der Waals surface area contributed by atoms with Crippen molar-refractivity contribution in [1.29, 1.82) is 0 Å². The lowest BCUT2D eigenvalue weighted by Gasteiger charge is -2.09. The number of benzene rings is 1. The minimum absolute atomic E-state index is 0.0440. The predicted octanol–water partition coefficient (Wildman–Crippen LogP) is 3.29. The van der Waals surface area contributed by atoms with E-state index in [9.17, 15) is 4.79 Å². The van der Waals surface area contributed by atoms with Crippen molar-refractivity contribution in [1.82, 2.24) is 9.55 Å². The predicted molar refractivity (Wildman–Crippen MR) is 84.0 cm³/mol. The molecule has 1 aromatic carbocycles. The maximum atomic E-state index is 12.3. The molecule has 110 valence electrons. The summed E-state index contributed by atoms with van der Waals surface area (Å²) in [6.45, 7) is 4.49. The van der Waals surface area contributed by atoms with Crippen molar-refractivity contribution < 1.29 is 4.74 Å². The van der Waals surface area contributed by atoms with Crippen LogP contribution in [0.4, 0.5) is 0 Å². The molecule has 0 spiro atoms. The molecule has 2 aromatic rings. The lowest BCUT2D eigenvalue weighted by Crippen LogP contribution is -2.23. The third-order valence-electron chi connectivity index (χ3n) is 2.90. The minimum Gasteiger partial charge on any atom is -0.474 e. The molecule has 5 heteroatoms. The van der Waals surface area contributed by atoms with Gasteiger partial charge in [0.2, 0.25) is 0 Å². The zero-order valence-corrected chi connectivity index (χ0v) is 12.4. The average Bonchev–Trinajstić information content (AvgIpc) is 2.49. The van der Waals surface area contributed by atoms with Crippen molar-refractivity contribution in [3.05, 3.63) is 70.3 Å². The van der Waals surface area contributed by atoms with Crippen molar-refractivity contribution in [2.24, 2.45) is 0 Å². The molecule has 0 unspecified atom stereocenters. The monoisotopic (exact) mass is 304 g/mol. The molecule has 1 aromatic heterocycles. The molecular formula is C16H17ClN2O2. The van der Waals surface area contributed by atoms with E-state index in [1.807, 2.05) is 36.4 Å². The molecule has 0 atom stereocenters. The maximum Gasteiger partial charge on any atom is 0.313 e. The zero-order chi connectivity index (χ0) is 15.1. The highest BCUT2D eigenvalue weighted by Crippen LogP contribution is 2.09. The molecular weight excluding hydrogens is 288 g/mol. The molecule has 0 amide bonds. The molecule has 0 aliphatic carbocycles. The van der Waals surface area contributed by atoms with Crippen LogP contribution in [0.5, 0.6) is 5.88 Å². The number of nitrogens with zero attached hydrogens (tertiary/aromatic N) is 2. The number of unbranched alkanes of at least 4 members (excludes halogenated alkanes) is 1. The molecule has 21 heavy (non-hydrogen) atoms. The van der Waals surface area contributed by atoms with Gasteiger partial charge < -0.3 is 9.30 Å². The molecule has 1 heterocycles. The largest absolute Gasteiger partial charge is 0.474 e. The van der Waals surface area contributed by atoms with Crippen LogP contribution in [0.1, 0.15) is 18.4 Å². The number of rotatable bonds is 7. The lowest BCUT2D eigenvalue weighted by atomic mass is 10.2. The summed E-state index contributed by atoms with van der Waals surface area (Å²) >= 11 is 5.96. The van der Waals surface area contributed by atoms with Gasteiger partial charge in [-0.3, -0.25) is 4.79 Å². The minimum atomic E-state index is -0.276. The zero-order valence-electron chi connectivity index (χ0n) is 11.7. The molecule has 0 aliphatic heterocycles. The van der Waals surface area contributed by atoms with Crippen LogP contribution in [0, 0.1) is 0 Å². The normalized spacial score (nSPS) is 10.3. The van der Waals surface area contributed by atoms with E-state index in [2.05, 4.69) is 11.6 Å². The van der Waals surface area contributed by atoms with Gasteiger partial charge in [-0.05, 0) is 18.4 Å². The van der Waals surface area contributed by atoms with E-state index in [0.29, 0.717) is 13.2 Å². The summed E-state index contributed by atoms with van der Waals surface area (Å²) in [5.74, 6) is 0.0440. The van der Waals surface area contributed by atoms with Gasteiger partial charge in [-0.1, -0.05) is 48.0 Å². The van der Waals surface area contributed by atoms with E-state index in [4.69, 9.17) is 16.3 Å². The SMILES string of the molecule is C=CCCCOc1nc(Cl)cn(Cc2ccccc2)c1=O. The number of hydrogen-bond acceptors (Lipinski definition) is 3. The number of halogens is 1. The first-order chi connectivity index (χ1) is 10.2. The lowest BCUT2D eigenvalue weighted by molar-refractivity contribution is 0.293. The molecule has 0 N–H and O–H groups in total. The number of hydrogen-bond donors (Lipinski definition) is 0. The van der Waals surface area contributed by atoms with Gasteiger partial charge in [0.1, 0.15) is 5.15 Å². The van der Waals surface area contributed by atoms with Gasteiger partial charge in [-0.15, -0.1) is 6.58 Å². The van der Waals surface area contributed by atoms with Crippen LogP contribution in [-0.4, -0.2) is 16.2 Å². The standard InChI is InChI=1S/C16H17ClN2O2/c1-2-3-7-10-21-15-16(20)19(12-14(17)18-15)11-13-8-5-4-6-9-13/h2,4-6,8-9,12H,1,3,7,10-11H2. The van der Waals surface area contributed by atoms with E-state index in [1.54, 1.807) is 0 Å². The number of allylic oxidation sites excluding steroid dienone is 1. The van der Waals surface area contributed by atoms with E-state index in [0.717, 1.165) is 18.4 Å². The summed E-state index contributed by atoms with van der Waals surface area (Å²) in [5.41, 5.74) is 0.737. The van der Waals surface area contributed by atoms with Crippen LogP contribution in [0.2, 0.25) is 5.15 Å². The third-order valence-corrected chi connectivity index (χ3v) is 3.08. The topological polar surface area (TPSA) is 44.1 Å². The summed E-state index contributed by atoms with van der Waals surface area (Å²) in [6.07, 6.45) is 4.95. The molecule has 0 saturated carbocycles. The molecule has 0 fully saturated rings. The highest BCUT2D eigenvalue weighted by Gasteiger charge is 2.09. The highest BCUT2D eigenvalue weighted by atomic mass is 35.5. The van der Waals surface area contributed by atoms with Gasteiger partial charge in [-0.25, -0.2) is 0 Å². The Morgan fingerprint density at radius 3 is 2.81 bits per heavy atom. The molecule has 0 aliphatic rings. The van der Waals surface area contributed by atoms with Crippen molar-refractivity contribution in [2.75, 3.05) is 6.61 Å². The number of ether oxygens (including phenoxy) is 1. The Morgan fingerprint density at radius 1 is 1.33 bits per heavy atom. The van der Waals surface area contributed by atoms with Crippen LogP contribution in [0.25, 0.3) is 0 Å². The molecule has 0 saturated heterocycles. The van der Waals surface area contributed by atoms with Gasteiger partial charge in [0.05, 0.1) is 13.2 Å². The number of aromatic nitrogens is 2. The van der Waals surface area contributed by atoms with Crippen molar-refractivity contribution in [2.45, 2.75) is 19.4 Å². The summed E-state index contributed by atoms with van der Waals surface area (Å²) in [5, 5.41) is 0.240. The highest BCUT2D eigenvalue weighted by molar-refractivity contribution is 6.29. The first kappa shape index (κ1) is 15.3. The summed E-state index contributed by atoms with van der Waals surface area (Å²) in [4.78, 5) is 16.2. The Kier molecular flexibility index (Phi) is 5.58. The third kappa shape index (κ3) is 4.46. The summed E-state index contributed by atoms with van der Waals surface area (Å²) in [7, 11) is 0. The van der Waals surface area contributed by atoms with Crippen LogP contribution in [-0.2, 0) is 6.54 Å². The fraction of sp³-hybridized carbons (Fsp3) is 0.250. The quantitative estimate of drug-likeness (QED) is 0.582. The van der Waals surface area contributed by atoms with Gasteiger partial charge in [0, 0.05) is 6.20 Å². The Balaban J connectivity index is 2.16.